The van der Waals surface area contributed by atoms with E-state index in [-0.39, 0.29) is 0 Å². The number of likely N-dealkylation sites (N-methyl/N-ethyl adjacent to an activating group) is 1. The lowest BCUT2D eigenvalue weighted by molar-refractivity contribution is 0.100. The molecule has 0 unspecified atom stereocenters. The minimum absolute atomic E-state index is 0.359. The second kappa shape index (κ2) is 9.48. The van der Waals surface area contributed by atoms with E-state index in [2.05, 4.69) is 25.4 Å². The summed E-state index contributed by atoms with van der Waals surface area (Å²) in [6.07, 6.45) is 1.74. The zero-order valence-corrected chi connectivity index (χ0v) is 18.9. The molecule has 174 valence electrons. The van der Waals surface area contributed by atoms with E-state index in [4.69, 9.17) is 16.3 Å². The third kappa shape index (κ3) is 4.77. The van der Waals surface area contributed by atoms with Crippen molar-refractivity contribution in [2.45, 2.75) is 26.9 Å². The van der Waals surface area contributed by atoms with Gasteiger partial charge in [-0.05, 0) is 32.0 Å². The van der Waals surface area contributed by atoms with Gasteiger partial charge in [-0.2, -0.15) is 10.2 Å². The highest BCUT2D eigenvalue weighted by atomic mass is 16.5. The molecule has 3 aromatic heterocycles. The molecule has 1 aromatic carbocycles. The maximum Gasteiger partial charge on any atom is 0.248 e. The average molecular weight is 453 g/mol. The van der Waals surface area contributed by atoms with E-state index < -0.39 is 5.91 Å². The molecule has 4 rings (SSSR count). The van der Waals surface area contributed by atoms with Gasteiger partial charge in [0, 0.05) is 36.7 Å². The number of rotatable bonds is 10. The van der Waals surface area contributed by atoms with E-state index in [9.17, 15) is 4.79 Å². The SMILES string of the molecule is CCn1nc(C)cc1-c1nnc(-c2cc(C(N)=O)cc3c2cnn3CCOCCN(C)N)[nH]1. The number of hydrazine groups is 1. The standard InChI is InChI=1S/C21H28N10O2/c1-4-30-18(9-13(2)28-30)21-25-20(26-27-21)15-10-14(19(22)32)11-17-16(15)12-24-31(17)6-8-33-7-5-29(3)23/h9-12H,4-8,23H2,1-3H3,(H2,22,32)(H,25,26,27). The molecule has 1 amide bonds. The summed E-state index contributed by atoms with van der Waals surface area (Å²) in [5.74, 6) is 6.16. The molecule has 0 aliphatic rings. The second-order valence-electron chi connectivity index (χ2n) is 7.79. The van der Waals surface area contributed by atoms with Gasteiger partial charge in [-0.3, -0.25) is 20.0 Å². The van der Waals surface area contributed by atoms with Crippen molar-refractivity contribution in [3.63, 3.8) is 0 Å². The summed E-state index contributed by atoms with van der Waals surface area (Å²) in [7, 11) is 1.78. The van der Waals surface area contributed by atoms with Crippen LogP contribution in [0.25, 0.3) is 33.8 Å². The Labute approximate surface area is 190 Å². The van der Waals surface area contributed by atoms with Crippen LogP contribution in [0.1, 0.15) is 23.0 Å². The van der Waals surface area contributed by atoms with Crippen molar-refractivity contribution in [1.29, 1.82) is 0 Å². The highest BCUT2D eigenvalue weighted by molar-refractivity contribution is 6.02. The lowest BCUT2D eigenvalue weighted by Crippen LogP contribution is -2.30. The molecule has 0 spiro atoms. The van der Waals surface area contributed by atoms with Gasteiger partial charge in [-0.25, -0.2) is 5.01 Å². The summed E-state index contributed by atoms with van der Waals surface area (Å²) in [4.78, 5) is 15.3. The van der Waals surface area contributed by atoms with Crippen LogP contribution < -0.4 is 11.6 Å². The molecule has 0 atom stereocenters. The molecule has 0 fully saturated rings. The average Bonchev–Trinajstić information content (AvgIpc) is 3.50. The number of hydrogen-bond donors (Lipinski definition) is 3. The van der Waals surface area contributed by atoms with Crippen LogP contribution in [0.2, 0.25) is 0 Å². The fourth-order valence-electron chi connectivity index (χ4n) is 3.63. The Balaban J connectivity index is 1.67. The van der Waals surface area contributed by atoms with Crippen LogP contribution in [-0.2, 0) is 17.8 Å². The van der Waals surface area contributed by atoms with Gasteiger partial charge >= 0.3 is 0 Å². The third-order valence-corrected chi connectivity index (χ3v) is 5.27. The van der Waals surface area contributed by atoms with Crippen LogP contribution >= 0.6 is 0 Å². The van der Waals surface area contributed by atoms with Gasteiger partial charge in [0.25, 0.3) is 0 Å². The fraction of sp³-hybridized carbons (Fsp3) is 0.381. The van der Waals surface area contributed by atoms with Gasteiger partial charge in [0.1, 0.15) is 5.69 Å². The molecular formula is C21H28N10O2. The van der Waals surface area contributed by atoms with Crippen LogP contribution in [0.3, 0.4) is 0 Å². The zero-order valence-electron chi connectivity index (χ0n) is 18.9. The Morgan fingerprint density at radius 3 is 2.70 bits per heavy atom. The van der Waals surface area contributed by atoms with E-state index >= 15 is 0 Å². The van der Waals surface area contributed by atoms with E-state index in [0.29, 0.717) is 55.6 Å². The van der Waals surface area contributed by atoms with Crippen molar-refractivity contribution in [2.24, 2.45) is 11.6 Å². The maximum atomic E-state index is 12.0. The number of benzene rings is 1. The molecule has 0 saturated heterocycles. The van der Waals surface area contributed by atoms with Crippen molar-refractivity contribution in [1.82, 2.24) is 39.8 Å². The first-order valence-corrected chi connectivity index (χ1v) is 10.7. The topological polar surface area (TPSA) is 159 Å². The van der Waals surface area contributed by atoms with Crippen molar-refractivity contribution in [3.8, 4) is 22.9 Å². The molecular weight excluding hydrogens is 424 g/mol. The Bertz CT molecular complexity index is 1270. The zero-order chi connectivity index (χ0) is 23.5. The number of fused-ring (bicyclic) bond motifs is 1. The Hall–Kier alpha value is -3.61. The largest absolute Gasteiger partial charge is 0.378 e. The van der Waals surface area contributed by atoms with Crippen molar-refractivity contribution in [2.75, 3.05) is 26.8 Å². The van der Waals surface area contributed by atoms with Crippen LogP contribution in [-0.4, -0.2) is 72.5 Å². The summed E-state index contributed by atoms with van der Waals surface area (Å²) >= 11 is 0. The normalized spacial score (nSPS) is 11.7. The van der Waals surface area contributed by atoms with Crippen LogP contribution in [0.15, 0.2) is 24.4 Å². The van der Waals surface area contributed by atoms with Gasteiger partial charge in [-0.15, -0.1) is 10.2 Å². The van der Waals surface area contributed by atoms with Crippen molar-refractivity contribution in [3.05, 3.63) is 35.7 Å². The first-order valence-electron chi connectivity index (χ1n) is 10.7. The van der Waals surface area contributed by atoms with E-state index in [1.165, 1.54) is 0 Å². The number of carbonyl (C=O) groups excluding carboxylic acids is 1. The van der Waals surface area contributed by atoms with Crippen LogP contribution in [0.4, 0.5) is 0 Å². The molecule has 0 saturated carbocycles. The first-order chi connectivity index (χ1) is 15.9. The molecule has 0 aliphatic heterocycles. The smallest absolute Gasteiger partial charge is 0.248 e. The molecule has 33 heavy (non-hydrogen) atoms. The Kier molecular flexibility index (Phi) is 6.49. The molecule has 5 N–H and O–H groups in total. The Morgan fingerprint density at radius 1 is 1.18 bits per heavy atom. The number of hydrogen-bond acceptors (Lipinski definition) is 8. The molecule has 0 radical (unpaired) electrons. The number of H-pyrrole nitrogens is 1. The molecule has 12 heteroatoms. The van der Waals surface area contributed by atoms with Gasteiger partial charge < -0.3 is 15.5 Å². The minimum Gasteiger partial charge on any atom is -0.378 e. The number of aryl methyl sites for hydroxylation is 2. The van der Waals surface area contributed by atoms with E-state index in [1.807, 2.05) is 24.6 Å². The number of primary amides is 1. The highest BCUT2D eigenvalue weighted by Gasteiger charge is 2.18. The molecule has 3 heterocycles. The van der Waals surface area contributed by atoms with Crippen molar-refractivity contribution >= 4 is 16.8 Å². The second-order valence-corrected chi connectivity index (χ2v) is 7.79. The summed E-state index contributed by atoms with van der Waals surface area (Å²) in [6, 6.07) is 5.38. The number of ether oxygens (including phenoxy) is 1. The number of aromatic amines is 1. The number of amides is 1. The van der Waals surface area contributed by atoms with Crippen molar-refractivity contribution < 1.29 is 9.53 Å². The number of aromatic nitrogens is 7. The number of carbonyl (C=O) groups is 1. The Morgan fingerprint density at radius 2 is 1.97 bits per heavy atom. The lowest BCUT2D eigenvalue weighted by Gasteiger charge is -2.10. The number of nitrogens with zero attached hydrogens (tertiary/aromatic N) is 7. The predicted molar refractivity (Wildman–Crippen MR) is 123 cm³/mol. The first kappa shape index (κ1) is 22.6. The van der Waals surface area contributed by atoms with Gasteiger partial charge in [0.05, 0.1) is 37.2 Å². The fourth-order valence-corrected chi connectivity index (χ4v) is 3.63. The molecule has 4 aromatic rings. The van der Waals surface area contributed by atoms with E-state index in [0.717, 1.165) is 22.3 Å². The molecule has 0 aliphatic carbocycles. The van der Waals surface area contributed by atoms with E-state index in [1.54, 1.807) is 35.1 Å². The quantitative estimate of drug-likeness (QED) is 0.182. The predicted octanol–water partition coefficient (Wildman–Crippen LogP) is 0.934. The summed E-state index contributed by atoms with van der Waals surface area (Å²) in [5.41, 5.74) is 9.15. The van der Waals surface area contributed by atoms with Gasteiger partial charge in [0.2, 0.25) is 5.91 Å². The van der Waals surface area contributed by atoms with Gasteiger partial charge in [0.15, 0.2) is 11.6 Å². The number of nitrogens with two attached hydrogens (primary N) is 2. The van der Waals surface area contributed by atoms with Crippen LogP contribution in [0.5, 0.6) is 0 Å². The summed E-state index contributed by atoms with van der Waals surface area (Å²) < 4.78 is 9.26. The third-order valence-electron chi connectivity index (χ3n) is 5.27. The lowest BCUT2D eigenvalue weighted by atomic mass is 10.0. The van der Waals surface area contributed by atoms with Gasteiger partial charge in [-0.1, -0.05) is 0 Å². The maximum absolute atomic E-state index is 12.0. The summed E-state index contributed by atoms with van der Waals surface area (Å²) in [6.45, 7) is 6.75. The minimum atomic E-state index is -0.535. The molecule has 12 nitrogen and oxygen atoms in total. The summed E-state index contributed by atoms with van der Waals surface area (Å²) in [5, 5.41) is 20.0. The highest BCUT2D eigenvalue weighted by Crippen LogP contribution is 2.29. The monoisotopic (exact) mass is 452 g/mol. The molecule has 0 bridgehead atoms. The van der Waals surface area contributed by atoms with Crippen LogP contribution in [0, 0.1) is 6.92 Å². The number of nitrogens with one attached hydrogen (secondary N) is 1.